The number of hydrogen-bond acceptors (Lipinski definition) is 7. The van der Waals surface area contributed by atoms with Crippen LogP contribution in [-0.2, 0) is 9.53 Å². The number of hydrogen-bond donors (Lipinski definition) is 1. The number of carbonyl (C=O) groups excluding carboxylic acids is 2. The monoisotopic (exact) mass is 421 g/mol. The maximum absolute atomic E-state index is 12.5. The quantitative estimate of drug-likeness (QED) is 0.538. The highest BCUT2D eigenvalue weighted by atomic mass is 16.6. The van der Waals surface area contributed by atoms with E-state index in [9.17, 15) is 19.7 Å². The number of morpholine rings is 1. The fourth-order valence-electron chi connectivity index (χ4n) is 3.48. The predicted octanol–water partition coefficient (Wildman–Crippen LogP) is 1.00. The minimum atomic E-state index is -0.553. The number of carbonyl (C=O) groups is 2. The van der Waals surface area contributed by atoms with Gasteiger partial charge in [-0.25, -0.2) is 4.79 Å². The molecule has 1 N–H and O–H groups in total. The molecule has 0 atom stereocenters. The molecule has 0 radical (unpaired) electrons. The normalized spacial score (nSPS) is 17.5. The molecule has 3 amide bonds. The SMILES string of the molecule is COc1ccc(NC(=O)CCN2CCN(C(=O)N3CCOCC3)CC2)c([N+](=O)[O-])c1. The molecule has 0 aliphatic carbocycles. The van der Waals surface area contributed by atoms with E-state index in [4.69, 9.17) is 9.47 Å². The second-order valence-electron chi connectivity index (χ2n) is 7.15. The van der Waals surface area contributed by atoms with Gasteiger partial charge in [0.2, 0.25) is 5.91 Å². The number of urea groups is 1. The number of nitrogens with one attached hydrogen (secondary N) is 1. The lowest BCUT2D eigenvalue weighted by atomic mass is 10.2. The Morgan fingerprint density at radius 2 is 1.80 bits per heavy atom. The summed E-state index contributed by atoms with van der Waals surface area (Å²) in [5.41, 5.74) is -0.0651. The van der Waals surface area contributed by atoms with Gasteiger partial charge in [0.1, 0.15) is 11.4 Å². The number of nitro benzene ring substituents is 1. The number of amides is 3. The van der Waals surface area contributed by atoms with Crippen molar-refractivity contribution in [2.45, 2.75) is 6.42 Å². The molecule has 2 aliphatic heterocycles. The van der Waals surface area contributed by atoms with Gasteiger partial charge < -0.3 is 24.6 Å². The largest absolute Gasteiger partial charge is 0.496 e. The Morgan fingerprint density at radius 3 is 2.43 bits per heavy atom. The van der Waals surface area contributed by atoms with Crippen molar-refractivity contribution in [3.05, 3.63) is 28.3 Å². The second kappa shape index (κ2) is 10.2. The van der Waals surface area contributed by atoms with E-state index in [0.717, 1.165) is 0 Å². The van der Waals surface area contributed by atoms with E-state index >= 15 is 0 Å². The molecule has 1 aromatic rings. The van der Waals surface area contributed by atoms with E-state index < -0.39 is 4.92 Å². The van der Waals surface area contributed by atoms with E-state index in [0.29, 0.717) is 64.8 Å². The first-order chi connectivity index (χ1) is 14.5. The molecule has 2 fully saturated rings. The van der Waals surface area contributed by atoms with Gasteiger partial charge in [0, 0.05) is 52.2 Å². The van der Waals surface area contributed by atoms with Crippen LogP contribution in [0.5, 0.6) is 5.75 Å². The number of nitrogens with zero attached hydrogens (tertiary/aromatic N) is 4. The predicted molar refractivity (Wildman–Crippen MR) is 109 cm³/mol. The Morgan fingerprint density at radius 1 is 1.13 bits per heavy atom. The van der Waals surface area contributed by atoms with E-state index in [1.165, 1.54) is 19.2 Å². The molecule has 11 heteroatoms. The van der Waals surface area contributed by atoms with Gasteiger partial charge in [0.25, 0.3) is 5.69 Å². The van der Waals surface area contributed by atoms with Crippen molar-refractivity contribution >= 4 is 23.3 Å². The molecule has 0 bridgehead atoms. The molecule has 0 aromatic heterocycles. The van der Waals surface area contributed by atoms with Crippen molar-refractivity contribution in [2.24, 2.45) is 0 Å². The van der Waals surface area contributed by atoms with Crippen LogP contribution in [-0.4, -0.2) is 97.7 Å². The summed E-state index contributed by atoms with van der Waals surface area (Å²) in [5, 5.41) is 13.8. The average Bonchev–Trinajstić information content (AvgIpc) is 2.78. The van der Waals surface area contributed by atoms with Gasteiger partial charge in [-0.3, -0.25) is 19.8 Å². The van der Waals surface area contributed by atoms with Gasteiger partial charge in [-0.05, 0) is 12.1 Å². The smallest absolute Gasteiger partial charge is 0.320 e. The van der Waals surface area contributed by atoms with Crippen molar-refractivity contribution < 1.29 is 24.0 Å². The molecule has 11 nitrogen and oxygen atoms in total. The Bertz CT molecular complexity index is 775. The van der Waals surface area contributed by atoms with Gasteiger partial charge in [-0.15, -0.1) is 0 Å². The second-order valence-corrected chi connectivity index (χ2v) is 7.15. The zero-order valence-corrected chi connectivity index (χ0v) is 17.0. The minimum Gasteiger partial charge on any atom is -0.496 e. The Balaban J connectivity index is 1.44. The molecule has 0 spiro atoms. The molecule has 164 valence electrons. The third-order valence-electron chi connectivity index (χ3n) is 5.26. The molecule has 2 saturated heterocycles. The van der Waals surface area contributed by atoms with Gasteiger partial charge >= 0.3 is 6.03 Å². The van der Waals surface area contributed by atoms with Crippen molar-refractivity contribution in [3.63, 3.8) is 0 Å². The number of nitro groups is 1. The summed E-state index contributed by atoms with van der Waals surface area (Å²) in [5.74, 6) is 0.0549. The lowest BCUT2D eigenvalue weighted by molar-refractivity contribution is -0.384. The first-order valence-electron chi connectivity index (χ1n) is 9.94. The number of ether oxygens (including phenoxy) is 2. The Labute approximate surface area is 174 Å². The van der Waals surface area contributed by atoms with Crippen molar-refractivity contribution in [3.8, 4) is 5.75 Å². The van der Waals surface area contributed by atoms with Crippen LogP contribution in [0, 0.1) is 10.1 Å². The van der Waals surface area contributed by atoms with Crippen LogP contribution in [0.3, 0.4) is 0 Å². The van der Waals surface area contributed by atoms with Crippen LogP contribution >= 0.6 is 0 Å². The highest BCUT2D eigenvalue weighted by Crippen LogP contribution is 2.29. The van der Waals surface area contributed by atoms with E-state index in [1.54, 1.807) is 6.07 Å². The van der Waals surface area contributed by atoms with Gasteiger partial charge in [0.05, 0.1) is 31.3 Å². The maximum Gasteiger partial charge on any atom is 0.320 e. The summed E-state index contributed by atoms with van der Waals surface area (Å²) >= 11 is 0. The highest BCUT2D eigenvalue weighted by Gasteiger charge is 2.26. The van der Waals surface area contributed by atoms with Gasteiger partial charge in [-0.1, -0.05) is 0 Å². The van der Waals surface area contributed by atoms with Gasteiger partial charge in [0.15, 0.2) is 0 Å². The third kappa shape index (κ3) is 5.57. The highest BCUT2D eigenvalue weighted by molar-refractivity contribution is 5.93. The lowest BCUT2D eigenvalue weighted by Gasteiger charge is -2.38. The molecule has 0 unspecified atom stereocenters. The maximum atomic E-state index is 12.5. The standard InChI is InChI=1S/C19H27N5O6/c1-29-15-2-3-16(17(14-15)24(27)28)20-18(25)4-5-21-6-8-22(9-7-21)19(26)23-10-12-30-13-11-23/h2-3,14H,4-13H2,1H3,(H,20,25). The molecule has 1 aromatic carbocycles. The summed E-state index contributed by atoms with van der Waals surface area (Å²) in [6, 6.07) is 4.35. The van der Waals surface area contributed by atoms with Crippen molar-refractivity contribution in [1.29, 1.82) is 0 Å². The lowest BCUT2D eigenvalue weighted by Crippen LogP contribution is -2.54. The number of methoxy groups -OCH3 is 1. The third-order valence-corrected chi connectivity index (χ3v) is 5.26. The van der Waals surface area contributed by atoms with E-state index in [2.05, 4.69) is 10.2 Å². The Hall–Kier alpha value is -2.92. The van der Waals surface area contributed by atoms with Crippen LogP contribution in [0.2, 0.25) is 0 Å². The summed E-state index contributed by atoms with van der Waals surface area (Å²) in [4.78, 5) is 41.2. The average molecular weight is 421 g/mol. The number of anilines is 1. The fraction of sp³-hybridized carbons (Fsp3) is 0.579. The zero-order valence-electron chi connectivity index (χ0n) is 17.0. The first-order valence-corrected chi connectivity index (χ1v) is 9.94. The molecule has 30 heavy (non-hydrogen) atoms. The number of piperazine rings is 1. The summed E-state index contributed by atoms with van der Waals surface area (Å²) in [7, 11) is 1.42. The molecule has 2 aliphatic rings. The zero-order chi connectivity index (χ0) is 21.5. The summed E-state index contributed by atoms with van der Waals surface area (Å²) < 4.78 is 10.3. The van der Waals surface area contributed by atoms with Crippen LogP contribution in [0.4, 0.5) is 16.2 Å². The Kier molecular flexibility index (Phi) is 7.41. The molecule has 3 rings (SSSR count). The van der Waals surface area contributed by atoms with Crippen LogP contribution < -0.4 is 10.1 Å². The van der Waals surface area contributed by atoms with Crippen LogP contribution in [0.15, 0.2) is 18.2 Å². The number of rotatable bonds is 6. The van der Waals surface area contributed by atoms with Crippen molar-refractivity contribution in [1.82, 2.24) is 14.7 Å². The summed E-state index contributed by atoms with van der Waals surface area (Å²) in [6.07, 6.45) is 0.209. The molecular weight excluding hydrogens is 394 g/mol. The van der Waals surface area contributed by atoms with E-state index in [1.807, 2.05) is 9.80 Å². The topological polar surface area (TPSA) is 117 Å². The molecule has 2 heterocycles. The fourth-order valence-corrected chi connectivity index (χ4v) is 3.48. The van der Waals surface area contributed by atoms with Gasteiger partial charge in [-0.2, -0.15) is 0 Å². The minimum absolute atomic E-state index is 0.0440. The molecule has 0 saturated carbocycles. The molecular formula is C19H27N5O6. The van der Waals surface area contributed by atoms with Crippen molar-refractivity contribution in [2.75, 3.05) is 71.5 Å². The van der Waals surface area contributed by atoms with Crippen LogP contribution in [0.25, 0.3) is 0 Å². The summed E-state index contributed by atoms with van der Waals surface area (Å²) in [6.45, 7) is 5.52. The number of benzene rings is 1. The van der Waals surface area contributed by atoms with Crippen LogP contribution in [0.1, 0.15) is 6.42 Å². The van der Waals surface area contributed by atoms with E-state index in [-0.39, 0.29) is 29.7 Å². The first kappa shape index (κ1) is 21.8.